The highest BCUT2D eigenvalue weighted by Gasteiger charge is 2.11. The molecule has 1 N–H and O–H groups in total. The van der Waals surface area contributed by atoms with E-state index in [1.165, 1.54) is 6.07 Å². The highest BCUT2D eigenvalue weighted by molar-refractivity contribution is 5.68. The molecule has 0 saturated carbocycles. The fourth-order valence-electron chi connectivity index (χ4n) is 2.26. The Hall–Kier alpha value is -1.74. The number of rotatable bonds is 5. The van der Waals surface area contributed by atoms with Gasteiger partial charge in [0.1, 0.15) is 0 Å². The number of halogens is 2. The summed E-state index contributed by atoms with van der Waals surface area (Å²) >= 11 is 0. The van der Waals surface area contributed by atoms with Crippen LogP contribution in [-0.4, -0.2) is 6.54 Å². The van der Waals surface area contributed by atoms with Crippen LogP contribution >= 0.6 is 0 Å². The summed E-state index contributed by atoms with van der Waals surface area (Å²) in [5.74, 6) is -1.59. The van der Waals surface area contributed by atoms with E-state index >= 15 is 0 Å². The van der Waals surface area contributed by atoms with Gasteiger partial charge in [0.25, 0.3) is 0 Å². The van der Waals surface area contributed by atoms with E-state index in [9.17, 15) is 8.78 Å². The molecule has 0 aliphatic rings. The molecule has 0 aromatic heterocycles. The second-order valence-electron chi connectivity index (χ2n) is 4.93. The molecule has 0 heterocycles. The van der Waals surface area contributed by atoms with Crippen LogP contribution in [0.4, 0.5) is 8.78 Å². The molecule has 106 valence electrons. The van der Waals surface area contributed by atoms with E-state index in [1.807, 2.05) is 25.1 Å². The normalized spacial score (nSPS) is 10.8. The summed E-state index contributed by atoms with van der Waals surface area (Å²) in [5.41, 5.74) is 3.15. The second kappa shape index (κ2) is 6.62. The first kappa shape index (κ1) is 14.7. The van der Waals surface area contributed by atoms with Crippen LogP contribution in [0, 0.1) is 18.6 Å². The maximum atomic E-state index is 13.8. The quantitative estimate of drug-likeness (QED) is 0.795. The lowest BCUT2D eigenvalue weighted by Crippen LogP contribution is -2.13. The van der Waals surface area contributed by atoms with E-state index in [2.05, 4.69) is 12.2 Å². The molecule has 0 radical (unpaired) electrons. The summed E-state index contributed by atoms with van der Waals surface area (Å²) in [6.45, 7) is 5.80. The third-order valence-corrected chi connectivity index (χ3v) is 3.29. The van der Waals surface area contributed by atoms with Crippen LogP contribution < -0.4 is 5.32 Å². The Kier molecular flexibility index (Phi) is 4.85. The molecular weight excluding hydrogens is 256 g/mol. The Balaban J connectivity index is 2.27. The summed E-state index contributed by atoms with van der Waals surface area (Å²) in [4.78, 5) is 0. The lowest BCUT2D eigenvalue weighted by Gasteiger charge is -2.10. The van der Waals surface area contributed by atoms with Crippen molar-refractivity contribution < 1.29 is 8.78 Å². The van der Waals surface area contributed by atoms with Crippen LogP contribution in [0.25, 0.3) is 11.1 Å². The zero-order chi connectivity index (χ0) is 14.5. The van der Waals surface area contributed by atoms with Gasteiger partial charge in [0.2, 0.25) is 0 Å². The van der Waals surface area contributed by atoms with E-state index in [0.717, 1.165) is 42.3 Å². The van der Waals surface area contributed by atoms with Crippen molar-refractivity contribution >= 4 is 0 Å². The minimum Gasteiger partial charge on any atom is -0.313 e. The Morgan fingerprint density at radius 1 is 1.05 bits per heavy atom. The Morgan fingerprint density at radius 3 is 2.55 bits per heavy atom. The van der Waals surface area contributed by atoms with Crippen LogP contribution in [-0.2, 0) is 6.54 Å². The van der Waals surface area contributed by atoms with Crippen molar-refractivity contribution in [1.29, 1.82) is 0 Å². The van der Waals surface area contributed by atoms with Crippen molar-refractivity contribution in [3.8, 4) is 11.1 Å². The molecule has 1 nitrogen and oxygen atoms in total. The second-order valence-corrected chi connectivity index (χ2v) is 4.93. The van der Waals surface area contributed by atoms with Gasteiger partial charge in [-0.1, -0.05) is 37.3 Å². The van der Waals surface area contributed by atoms with Gasteiger partial charge in [-0.3, -0.25) is 0 Å². The molecular formula is C17H19F2N. The Labute approximate surface area is 118 Å². The minimum absolute atomic E-state index is 0.315. The van der Waals surface area contributed by atoms with Gasteiger partial charge >= 0.3 is 0 Å². The van der Waals surface area contributed by atoms with E-state index in [-0.39, 0.29) is 0 Å². The third-order valence-electron chi connectivity index (χ3n) is 3.29. The van der Waals surface area contributed by atoms with Crippen molar-refractivity contribution in [2.45, 2.75) is 26.8 Å². The smallest absolute Gasteiger partial charge is 0.166 e. The van der Waals surface area contributed by atoms with Crippen molar-refractivity contribution in [3.05, 3.63) is 59.2 Å². The highest BCUT2D eigenvalue weighted by Crippen LogP contribution is 2.28. The molecule has 0 spiro atoms. The van der Waals surface area contributed by atoms with Crippen LogP contribution in [0.15, 0.2) is 36.4 Å². The topological polar surface area (TPSA) is 12.0 Å². The first-order valence-corrected chi connectivity index (χ1v) is 6.88. The van der Waals surface area contributed by atoms with E-state index in [4.69, 9.17) is 0 Å². The molecule has 2 aromatic rings. The van der Waals surface area contributed by atoms with Crippen LogP contribution in [0.1, 0.15) is 24.5 Å². The molecule has 0 unspecified atom stereocenters. The third kappa shape index (κ3) is 3.23. The molecule has 3 heteroatoms. The number of benzene rings is 2. The molecule has 0 aliphatic heterocycles. The summed E-state index contributed by atoms with van der Waals surface area (Å²) in [6, 6.07) is 10.1. The van der Waals surface area contributed by atoms with Gasteiger partial charge in [0.05, 0.1) is 0 Å². The van der Waals surface area contributed by atoms with Gasteiger partial charge in [0, 0.05) is 12.1 Å². The SMILES string of the molecule is CCCNCc1ccc(-c2cccc(F)c2F)c(C)c1. The number of aryl methyl sites for hydroxylation is 1. The number of nitrogens with one attached hydrogen (secondary N) is 1. The van der Waals surface area contributed by atoms with Crippen molar-refractivity contribution in [2.75, 3.05) is 6.54 Å². The molecule has 0 aliphatic carbocycles. The molecule has 0 atom stereocenters. The zero-order valence-corrected chi connectivity index (χ0v) is 11.8. The molecule has 0 fully saturated rings. The average molecular weight is 275 g/mol. The van der Waals surface area contributed by atoms with Crippen molar-refractivity contribution in [1.82, 2.24) is 5.32 Å². The van der Waals surface area contributed by atoms with Gasteiger partial charge in [-0.2, -0.15) is 0 Å². The van der Waals surface area contributed by atoms with Crippen molar-refractivity contribution in [3.63, 3.8) is 0 Å². The fourth-order valence-corrected chi connectivity index (χ4v) is 2.26. The minimum atomic E-state index is -0.810. The molecule has 2 rings (SSSR count). The number of hydrogen-bond acceptors (Lipinski definition) is 1. The Bertz CT molecular complexity index is 594. The van der Waals surface area contributed by atoms with E-state index < -0.39 is 11.6 Å². The zero-order valence-electron chi connectivity index (χ0n) is 11.8. The standard InChI is InChI=1S/C17H19F2N/c1-3-9-20-11-13-7-8-14(12(2)10-13)15-5-4-6-16(18)17(15)19/h4-8,10,20H,3,9,11H2,1-2H3. The van der Waals surface area contributed by atoms with Gasteiger partial charge < -0.3 is 5.32 Å². The monoisotopic (exact) mass is 275 g/mol. The molecule has 0 amide bonds. The summed E-state index contributed by atoms with van der Waals surface area (Å²) in [7, 11) is 0. The van der Waals surface area contributed by atoms with Gasteiger partial charge in [-0.15, -0.1) is 0 Å². The largest absolute Gasteiger partial charge is 0.313 e. The lowest BCUT2D eigenvalue weighted by atomic mass is 9.98. The summed E-state index contributed by atoms with van der Waals surface area (Å²) in [6.07, 6.45) is 1.09. The van der Waals surface area contributed by atoms with Gasteiger partial charge in [-0.05, 0) is 42.6 Å². The first-order chi connectivity index (χ1) is 9.63. The van der Waals surface area contributed by atoms with E-state index in [1.54, 1.807) is 6.07 Å². The fraction of sp³-hybridized carbons (Fsp3) is 0.294. The van der Waals surface area contributed by atoms with Crippen LogP contribution in [0.3, 0.4) is 0 Å². The highest BCUT2D eigenvalue weighted by atomic mass is 19.2. The summed E-state index contributed by atoms with van der Waals surface area (Å²) in [5, 5.41) is 3.32. The Morgan fingerprint density at radius 2 is 1.85 bits per heavy atom. The molecule has 2 aromatic carbocycles. The lowest BCUT2D eigenvalue weighted by molar-refractivity contribution is 0.511. The predicted octanol–water partition coefficient (Wildman–Crippen LogP) is 4.44. The maximum Gasteiger partial charge on any atom is 0.166 e. The van der Waals surface area contributed by atoms with E-state index in [0.29, 0.717) is 5.56 Å². The molecule has 0 bridgehead atoms. The molecule has 0 saturated heterocycles. The van der Waals surface area contributed by atoms with Crippen molar-refractivity contribution in [2.24, 2.45) is 0 Å². The van der Waals surface area contributed by atoms with Crippen LogP contribution in [0.5, 0.6) is 0 Å². The average Bonchev–Trinajstić information content (AvgIpc) is 2.43. The van der Waals surface area contributed by atoms with Gasteiger partial charge in [-0.25, -0.2) is 8.78 Å². The number of hydrogen-bond donors (Lipinski definition) is 1. The van der Waals surface area contributed by atoms with Crippen LogP contribution in [0.2, 0.25) is 0 Å². The maximum absolute atomic E-state index is 13.8. The molecule has 20 heavy (non-hydrogen) atoms. The predicted molar refractivity (Wildman–Crippen MR) is 78.5 cm³/mol. The first-order valence-electron chi connectivity index (χ1n) is 6.88. The van der Waals surface area contributed by atoms with Gasteiger partial charge in [0.15, 0.2) is 11.6 Å². The summed E-state index contributed by atoms with van der Waals surface area (Å²) < 4.78 is 27.1.